The van der Waals surface area contributed by atoms with Gasteiger partial charge in [-0.3, -0.25) is 4.90 Å². The quantitative estimate of drug-likeness (QED) is 0.850. The van der Waals surface area contributed by atoms with Crippen LogP contribution < -0.4 is 0 Å². The Morgan fingerprint density at radius 2 is 2.28 bits per heavy atom. The van der Waals surface area contributed by atoms with Gasteiger partial charge >= 0.3 is 0 Å². The number of piperazine rings is 1. The molecule has 1 aromatic carbocycles. The van der Waals surface area contributed by atoms with Gasteiger partial charge in [0.05, 0.1) is 18.2 Å². The molecule has 0 aromatic heterocycles. The third-order valence-electron chi connectivity index (χ3n) is 3.46. The molecule has 96 valence electrons. The second kappa shape index (κ2) is 5.96. The minimum Gasteiger partial charge on any atom is -0.395 e. The Morgan fingerprint density at radius 1 is 1.44 bits per heavy atom. The lowest BCUT2D eigenvalue weighted by Crippen LogP contribution is -2.52. The summed E-state index contributed by atoms with van der Waals surface area (Å²) in [6.45, 7) is 3.86. The van der Waals surface area contributed by atoms with Gasteiger partial charge < -0.3 is 10.0 Å². The highest BCUT2D eigenvalue weighted by Gasteiger charge is 2.24. The summed E-state index contributed by atoms with van der Waals surface area (Å²) in [7, 11) is 2.08. The SMILES string of the molecule is CN1CCN(Cc2cccc(C#N)c2)C(CO)C1. The van der Waals surface area contributed by atoms with Gasteiger partial charge in [0, 0.05) is 32.2 Å². The van der Waals surface area contributed by atoms with Crippen molar-refractivity contribution in [3.05, 3.63) is 35.4 Å². The molecule has 0 bridgehead atoms. The topological polar surface area (TPSA) is 50.5 Å². The van der Waals surface area contributed by atoms with Gasteiger partial charge in [0.25, 0.3) is 0 Å². The van der Waals surface area contributed by atoms with Crippen LogP contribution >= 0.6 is 0 Å². The molecular weight excluding hydrogens is 226 g/mol. The van der Waals surface area contributed by atoms with Crippen LogP contribution in [0.1, 0.15) is 11.1 Å². The molecule has 0 amide bonds. The van der Waals surface area contributed by atoms with Gasteiger partial charge in [0.1, 0.15) is 0 Å². The van der Waals surface area contributed by atoms with Crippen LogP contribution in [0.2, 0.25) is 0 Å². The molecule has 0 saturated carbocycles. The number of hydrogen-bond acceptors (Lipinski definition) is 4. The summed E-state index contributed by atoms with van der Waals surface area (Å²) in [6.07, 6.45) is 0. The number of aliphatic hydroxyl groups excluding tert-OH is 1. The summed E-state index contributed by atoms with van der Waals surface area (Å²) < 4.78 is 0. The van der Waals surface area contributed by atoms with Crippen LogP contribution in [0.3, 0.4) is 0 Å². The highest BCUT2D eigenvalue weighted by molar-refractivity contribution is 5.32. The van der Waals surface area contributed by atoms with Gasteiger partial charge in [0.2, 0.25) is 0 Å². The van der Waals surface area contributed by atoms with Gasteiger partial charge in [-0.05, 0) is 24.7 Å². The highest BCUT2D eigenvalue weighted by Crippen LogP contribution is 2.14. The number of nitrogens with zero attached hydrogens (tertiary/aromatic N) is 3. The van der Waals surface area contributed by atoms with Crippen LogP contribution in [0.15, 0.2) is 24.3 Å². The number of nitriles is 1. The van der Waals surface area contributed by atoms with Crippen molar-refractivity contribution < 1.29 is 5.11 Å². The standard InChI is InChI=1S/C14H19N3O/c1-16-5-6-17(14(10-16)11-18)9-13-4-2-3-12(7-13)8-15/h2-4,7,14,18H,5-6,9-11H2,1H3. The van der Waals surface area contributed by atoms with E-state index in [2.05, 4.69) is 22.9 Å². The molecule has 4 nitrogen and oxygen atoms in total. The third-order valence-corrected chi connectivity index (χ3v) is 3.46. The van der Waals surface area contributed by atoms with Crippen molar-refractivity contribution in [2.24, 2.45) is 0 Å². The zero-order valence-electron chi connectivity index (χ0n) is 10.7. The number of rotatable bonds is 3. The molecule has 1 aliphatic heterocycles. The predicted molar refractivity (Wildman–Crippen MR) is 69.9 cm³/mol. The monoisotopic (exact) mass is 245 g/mol. The summed E-state index contributed by atoms with van der Waals surface area (Å²) in [5, 5.41) is 18.3. The van der Waals surface area contributed by atoms with Gasteiger partial charge in [-0.1, -0.05) is 12.1 Å². The molecule has 1 fully saturated rings. The lowest BCUT2D eigenvalue weighted by molar-refractivity contribution is 0.0458. The maximum absolute atomic E-state index is 9.44. The van der Waals surface area contributed by atoms with E-state index in [1.165, 1.54) is 0 Å². The van der Waals surface area contributed by atoms with E-state index < -0.39 is 0 Å². The van der Waals surface area contributed by atoms with E-state index in [4.69, 9.17) is 5.26 Å². The van der Waals surface area contributed by atoms with Gasteiger partial charge in [-0.25, -0.2) is 0 Å². The van der Waals surface area contributed by atoms with Crippen molar-refractivity contribution in [3.8, 4) is 6.07 Å². The van der Waals surface area contributed by atoms with E-state index in [0.717, 1.165) is 31.7 Å². The number of benzene rings is 1. The molecule has 0 aliphatic carbocycles. The Hall–Kier alpha value is -1.41. The molecule has 1 heterocycles. The molecule has 1 saturated heterocycles. The molecule has 1 unspecified atom stereocenters. The first kappa shape index (κ1) is 13.0. The summed E-state index contributed by atoms with van der Waals surface area (Å²) in [5.41, 5.74) is 1.83. The average molecular weight is 245 g/mol. The molecule has 1 aromatic rings. The number of hydrogen-bond donors (Lipinski definition) is 1. The second-order valence-electron chi connectivity index (χ2n) is 4.88. The molecule has 1 aliphatic rings. The van der Waals surface area contributed by atoms with Gasteiger partial charge in [-0.2, -0.15) is 5.26 Å². The van der Waals surface area contributed by atoms with Crippen molar-refractivity contribution in [1.29, 1.82) is 5.26 Å². The van der Waals surface area contributed by atoms with Crippen LogP contribution in [-0.4, -0.2) is 54.2 Å². The molecule has 1 atom stereocenters. The minimum absolute atomic E-state index is 0.183. The molecule has 18 heavy (non-hydrogen) atoms. The first-order chi connectivity index (χ1) is 8.72. The van der Waals surface area contributed by atoms with Crippen LogP contribution in [0, 0.1) is 11.3 Å². The zero-order valence-corrected chi connectivity index (χ0v) is 10.7. The Morgan fingerprint density at radius 3 is 3.00 bits per heavy atom. The minimum atomic E-state index is 0.183. The van der Waals surface area contributed by atoms with Crippen molar-refractivity contribution in [2.45, 2.75) is 12.6 Å². The lowest BCUT2D eigenvalue weighted by atomic mass is 10.1. The van der Waals surface area contributed by atoms with Gasteiger partial charge in [0.15, 0.2) is 0 Å². The Labute approximate surface area is 108 Å². The zero-order chi connectivity index (χ0) is 13.0. The molecular formula is C14H19N3O. The van der Waals surface area contributed by atoms with Crippen molar-refractivity contribution >= 4 is 0 Å². The van der Waals surface area contributed by atoms with Crippen molar-refractivity contribution in [2.75, 3.05) is 33.3 Å². The normalized spacial score (nSPS) is 21.7. The van der Waals surface area contributed by atoms with Crippen molar-refractivity contribution in [3.63, 3.8) is 0 Å². The first-order valence-corrected chi connectivity index (χ1v) is 6.25. The number of likely N-dealkylation sites (N-methyl/N-ethyl adjacent to an activating group) is 1. The van der Waals surface area contributed by atoms with E-state index >= 15 is 0 Å². The van der Waals surface area contributed by atoms with Crippen LogP contribution in [0.5, 0.6) is 0 Å². The highest BCUT2D eigenvalue weighted by atomic mass is 16.3. The fourth-order valence-corrected chi connectivity index (χ4v) is 2.40. The fraction of sp³-hybridized carbons (Fsp3) is 0.500. The maximum Gasteiger partial charge on any atom is 0.0991 e. The molecule has 4 heteroatoms. The number of aliphatic hydroxyl groups is 1. The summed E-state index contributed by atoms with van der Waals surface area (Å²) in [4.78, 5) is 4.53. The molecule has 2 rings (SSSR count). The smallest absolute Gasteiger partial charge is 0.0991 e. The Balaban J connectivity index is 2.05. The maximum atomic E-state index is 9.44. The van der Waals surface area contributed by atoms with Crippen LogP contribution in [0.25, 0.3) is 0 Å². The van der Waals surface area contributed by atoms with E-state index in [1.54, 1.807) is 0 Å². The largest absolute Gasteiger partial charge is 0.395 e. The molecule has 0 spiro atoms. The molecule has 1 N–H and O–H groups in total. The summed E-state index contributed by atoms with van der Waals surface area (Å²) in [6, 6.07) is 10.0. The molecule has 0 radical (unpaired) electrons. The van der Waals surface area contributed by atoms with Crippen molar-refractivity contribution in [1.82, 2.24) is 9.80 Å². The summed E-state index contributed by atoms with van der Waals surface area (Å²) >= 11 is 0. The van der Waals surface area contributed by atoms with E-state index in [1.807, 2.05) is 24.3 Å². The summed E-state index contributed by atoms with van der Waals surface area (Å²) in [5.74, 6) is 0. The van der Waals surface area contributed by atoms with E-state index in [0.29, 0.717) is 5.56 Å². The third kappa shape index (κ3) is 3.08. The Bertz CT molecular complexity index is 441. The van der Waals surface area contributed by atoms with Crippen LogP contribution in [-0.2, 0) is 6.54 Å². The van der Waals surface area contributed by atoms with Gasteiger partial charge in [-0.15, -0.1) is 0 Å². The van der Waals surface area contributed by atoms with E-state index in [-0.39, 0.29) is 12.6 Å². The lowest BCUT2D eigenvalue weighted by Gasteiger charge is -2.39. The predicted octanol–water partition coefficient (Wildman–Crippen LogP) is 0.667. The second-order valence-corrected chi connectivity index (χ2v) is 4.88. The van der Waals surface area contributed by atoms with E-state index in [9.17, 15) is 5.11 Å². The first-order valence-electron chi connectivity index (χ1n) is 6.25. The Kier molecular flexibility index (Phi) is 4.32. The fourth-order valence-electron chi connectivity index (χ4n) is 2.40. The average Bonchev–Trinajstić information content (AvgIpc) is 2.41. The van der Waals surface area contributed by atoms with Crippen LogP contribution in [0.4, 0.5) is 0 Å².